The summed E-state index contributed by atoms with van der Waals surface area (Å²) in [6, 6.07) is 13.8. The van der Waals surface area contributed by atoms with Crippen molar-refractivity contribution in [3.63, 3.8) is 0 Å². The minimum atomic E-state index is -0.227. The second-order valence-corrected chi connectivity index (χ2v) is 8.37. The van der Waals surface area contributed by atoms with E-state index >= 15 is 0 Å². The smallest absolute Gasteiger partial charge is 0.282 e. The van der Waals surface area contributed by atoms with Crippen LogP contribution >= 0.6 is 0 Å². The first-order valence-corrected chi connectivity index (χ1v) is 11.3. The van der Waals surface area contributed by atoms with E-state index in [4.69, 9.17) is 0 Å². The van der Waals surface area contributed by atoms with Gasteiger partial charge in [-0.05, 0) is 75.9 Å². The number of amides is 2. The Bertz CT molecular complexity index is 1030. The molecular weight excluding hydrogens is 386 g/mol. The van der Waals surface area contributed by atoms with E-state index in [1.165, 1.54) is 4.90 Å². The molecule has 2 aromatic carbocycles. The van der Waals surface area contributed by atoms with Gasteiger partial charge >= 0.3 is 0 Å². The fourth-order valence-corrected chi connectivity index (χ4v) is 4.72. The number of carbonyl (C=O) groups excluding carboxylic acids is 2. The molecule has 0 N–H and O–H groups in total. The molecule has 1 saturated heterocycles. The Morgan fingerprint density at radius 2 is 1.52 bits per heavy atom. The van der Waals surface area contributed by atoms with Crippen LogP contribution in [0.25, 0.3) is 5.57 Å². The van der Waals surface area contributed by atoms with Crippen molar-refractivity contribution in [2.45, 2.75) is 40.5 Å². The van der Waals surface area contributed by atoms with Gasteiger partial charge < -0.3 is 9.80 Å². The predicted octanol–water partition coefficient (Wildman–Crippen LogP) is 4.53. The molecule has 31 heavy (non-hydrogen) atoms. The molecule has 0 atom stereocenters. The van der Waals surface area contributed by atoms with Crippen molar-refractivity contribution in [3.05, 3.63) is 64.9 Å². The van der Waals surface area contributed by atoms with Crippen LogP contribution < -0.4 is 9.80 Å². The number of hydrogen-bond donors (Lipinski definition) is 0. The Kier molecular flexibility index (Phi) is 5.86. The monoisotopic (exact) mass is 417 g/mol. The number of imide groups is 1. The lowest BCUT2D eigenvalue weighted by atomic mass is 9.97. The first-order valence-electron chi connectivity index (χ1n) is 11.3. The molecule has 0 aliphatic carbocycles. The van der Waals surface area contributed by atoms with E-state index in [1.807, 2.05) is 50.2 Å². The molecule has 0 radical (unpaired) electrons. The van der Waals surface area contributed by atoms with Gasteiger partial charge in [0.25, 0.3) is 11.8 Å². The van der Waals surface area contributed by atoms with Crippen molar-refractivity contribution in [3.8, 4) is 0 Å². The highest BCUT2D eigenvalue weighted by Gasteiger charge is 2.43. The zero-order chi connectivity index (χ0) is 22.1. The number of anilines is 2. The number of carbonyl (C=O) groups is 2. The van der Waals surface area contributed by atoms with Gasteiger partial charge in [-0.1, -0.05) is 23.8 Å². The van der Waals surface area contributed by atoms with E-state index in [0.717, 1.165) is 61.4 Å². The molecule has 5 heteroatoms. The fraction of sp³-hybridized carbons (Fsp3) is 0.385. The molecule has 0 spiro atoms. The van der Waals surface area contributed by atoms with Crippen LogP contribution in [0.1, 0.15) is 43.4 Å². The van der Waals surface area contributed by atoms with Crippen LogP contribution in [-0.2, 0) is 9.59 Å². The minimum Gasteiger partial charge on any atom is -0.372 e. The van der Waals surface area contributed by atoms with Crippen LogP contribution in [0.15, 0.2) is 48.2 Å². The van der Waals surface area contributed by atoms with Gasteiger partial charge in [-0.3, -0.25) is 9.59 Å². The van der Waals surface area contributed by atoms with E-state index in [1.54, 1.807) is 0 Å². The Hall–Kier alpha value is -3.08. The Morgan fingerprint density at radius 1 is 0.871 bits per heavy atom. The van der Waals surface area contributed by atoms with Crippen LogP contribution in [-0.4, -0.2) is 42.9 Å². The second kappa shape index (κ2) is 8.58. The Morgan fingerprint density at radius 3 is 2.10 bits per heavy atom. The third-order valence-corrected chi connectivity index (χ3v) is 6.37. The average molecular weight is 418 g/mol. The quantitative estimate of drug-likeness (QED) is 0.648. The van der Waals surface area contributed by atoms with Crippen molar-refractivity contribution in [2.75, 3.05) is 36.0 Å². The van der Waals surface area contributed by atoms with Crippen molar-refractivity contribution in [1.29, 1.82) is 0 Å². The molecule has 0 aromatic heterocycles. The van der Waals surface area contributed by atoms with Crippen LogP contribution in [0.4, 0.5) is 11.4 Å². The van der Waals surface area contributed by atoms with E-state index in [2.05, 4.69) is 29.7 Å². The van der Waals surface area contributed by atoms with Gasteiger partial charge in [0.2, 0.25) is 0 Å². The summed E-state index contributed by atoms with van der Waals surface area (Å²) in [5.74, 6) is -0.438. The summed E-state index contributed by atoms with van der Waals surface area (Å²) < 4.78 is 0. The zero-order valence-electron chi connectivity index (χ0n) is 18.9. The van der Waals surface area contributed by atoms with Crippen LogP contribution in [0.2, 0.25) is 0 Å². The second-order valence-electron chi connectivity index (χ2n) is 8.37. The molecule has 0 bridgehead atoms. The first-order chi connectivity index (χ1) is 15.0. The largest absolute Gasteiger partial charge is 0.372 e. The molecule has 2 aliphatic heterocycles. The van der Waals surface area contributed by atoms with Gasteiger partial charge in [0.15, 0.2) is 0 Å². The number of likely N-dealkylation sites (tertiary alicyclic amines) is 1. The van der Waals surface area contributed by atoms with Crippen molar-refractivity contribution < 1.29 is 9.59 Å². The molecule has 1 fully saturated rings. The molecule has 0 saturated carbocycles. The van der Waals surface area contributed by atoms with E-state index in [9.17, 15) is 9.59 Å². The standard InChI is InChI=1S/C26H31N3O2/c1-5-27(6-2)20-10-12-21(13-11-20)29-25(30)23(22-14-9-18(3)17-19(22)4)24(26(29)31)28-15-7-8-16-28/h9-14,17H,5-8,15-16H2,1-4H3. The van der Waals surface area contributed by atoms with Crippen LogP contribution in [0, 0.1) is 13.8 Å². The summed E-state index contributed by atoms with van der Waals surface area (Å²) in [4.78, 5) is 32.9. The number of benzene rings is 2. The first kappa shape index (κ1) is 21.2. The van der Waals surface area contributed by atoms with Gasteiger partial charge in [0, 0.05) is 31.9 Å². The molecule has 2 aromatic rings. The van der Waals surface area contributed by atoms with E-state index in [-0.39, 0.29) is 11.8 Å². The third-order valence-electron chi connectivity index (χ3n) is 6.37. The summed E-state index contributed by atoms with van der Waals surface area (Å²) in [7, 11) is 0. The molecule has 162 valence electrons. The highest BCUT2D eigenvalue weighted by molar-refractivity contribution is 6.45. The summed E-state index contributed by atoms with van der Waals surface area (Å²) in [6.45, 7) is 11.7. The summed E-state index contributed by atoms with van der Waals surface area (Å²) in [5, 5.41) is 0. The number of hydrogen-bond acceptors (Lipinski definition) is 4. The highest BCUT2D eigenvalue weighted by Crippen LogP contribution is 2.37. The van der Waals surface area contributed by atoms with Crippen molar-refractivity contribution in [1.82, 2.24) is 4.90 Å². The van der Waals surface area contributed by atoms with Gasteiger partial charge in [0.1, 0.15) is 5.70 Å². The molecule has 2 heterocycles. The summed E-state index contributed by atoms with van der Waals surface area (Å²) in [6.07, 6.45) is 2.09. The summed E-state index contributed by atoms with van der Waals surface area (Å²) >= 11 is 0. The number of nitrogens with zero attached hydrogens (tertiary/aromatic N) is 3. The van der Waals surface area contributed by atoms with Gasteiger partial charge in [-0.25, -0.2) is 4.90 Å². The lowest BCUT2D eigenvalue weighted by molar-refractivity contribution is -0.120. The maximum Gasteiger partial charge on any atom is 0.282 e. The lowest BCUT2D eigenvalue weighted by Gasteiger charge is -2.23. The molecule has 2 aliphatic rings. The molecule has 5 nitrogen and oxygen atoms in total. The number of aryl methyl sites for hydroxylation is 2. The van der Waals surface area contributed by atoms with Gasteiger partial charge in [-0.15, -0.1) is 0 Å². The molecular formula is C26H31N3O2. The highest BCUT2D eigenvalue weighted by atomic mass is 16.2. The number of rotatable bonds is 6. The topological polar surface area (TPSA) is 43.9 Å². The maximum atomic E-state index is 13.7. The zero-order valence-corrected chi connectivity index (χ0v) is 18.9. The van der Waals surface area contributed by atoms with E-state index in [0.29, 0.717) is 17.0 Å². The molecule has 4 rings (SSSR count). The maximum absolute atomic E-state index is 13.7. The Labute approximate surface area is 184 Å². The summed E-state index contributed by atoms with van der Waals surface area (Å²) in [5.41, 5.74) is 5.84. The van der Waals surface area contributed by atoms with E-state index < -0.39 is 0 Å². The molecule has 2 amide bonds. The molecule has 0 unspecified atom stereocenters. The predicted molar refractivity (Wildman–Crippen MR) is 126 cm³/mol. The van der Waals surface area contributed by atoms with Crippen molar-refractivity contribution in [2.24, 2.45) is 0 Å². The fourth-order valence-electron chi connectivity index (χ4n) is 4.72. The van der Waals surface area contributed by atoms with Gasteiger partial charge in [0.05, 0.1) is 11.3 Å². The SMILES string of the molecule is CCN(CC)c1ccc(N2C(=O)C(c3ccc(C)cc3C)=C(N3CCCC3)C2=O)cc1. The van der Waals surface area contributed by atoms with Crippen LogP contribution in [0.3, 0.4) is 0 Å². The van der Waals surface area contributed by atoms with Crippen molar-refractivity contribution >= 4 is 28.8 Å². The average Bonchev–Trinajstić information content (AvgIpc) is 3.36. The normalized spacial score (nSPS) is 16.6. The minimum absolute atomic E-state index is 0.211. The lowest BCUT2D eigenvalue weighted by Crippen LogP contribution is -2.34. The Balaban J connectivity index is 1.76. The van der Waals surface area contributed by atoms with Crippen LogP contribution in [0.5, 0.6) is 0 Å². The third kappa shape index (κ3) is 3.73. The van der Waals surface area contributed by atoms with Gasteiger partial charge in [-0.2, -0.15) is 0 Å².